The molecule has 13 heavy (non-hydrogen) atoms. The van der Waals surface area contributed by atoms with Crippen molar-refractivity contribution in [3.8, 4) is 0 Å². The average Bonchev–Trinajstić information content (AvgIpc) is 2.12. The zero-order valence-corrected chi connectivity index (χ0v) is 8.06. The predicted molar refractivity (Wildman–Crippen MR) is 52.2 cm³/mol. The molecule has 0 amide bonds. The van der Waals surface area contributed by atoms with E-state index < -0.39 is 11.4 Å². The molecule has 0 saturated heterocycles. The highest BCUT2D eigenvalue weighted by Crippen LogP contribution is 2.22. The standard InChI is InChI=1S/C9H5BrFNO/c10-7-3-1-2-5-6(7)4-12-9(13)8(5)11/h1-4H,(H,12,13). The summed E-state index contributed by atoms with van der Waals surface area (Å²) in [5.74, 6) is -0.737. The number of halogens is 2. The number of pyridine rings is 1. The maximum atomic E-state index is 13.2. The van der Waals surface area contributed by atoms with Crippen molar-refractivity contribution in [1.82, 2.24) is 4.98 Å². The molecule has 1 N–H and O–H groups in total. The number of hydrogen-bond acceptors (Lipinski definition) is 1. The molecule has 0 spiro atoms. The Morgan fingerprint density at radius 3 is 2.85 bits per heavy atom. The Bertz CT molecular complexity index is 520. The van der Waals surface area contributed by atoms with Crippen molar-refractivity contribution in [1.29, 1.82) is 0 Å². The molecule has 1 aromatic heterocycles. The maximum absolute atomic E-state index is 13.2. The second kappa shape index (κ2) is 2.96. The average molecular weight is 242 g/mol. The molecular weight excluding hydrogens is 237 g/mol. The molecule has 0 aliphatic rings. The highest BCUT2D eigenvalue weighted by atomic mass is 79.9. The van der Waals surface area contributed by atoms with Crippen LogP contribution >= 0.6 is 15.9 Å². The lowest BCUT2D eigenvalue weighted by molar-refractivity contribution is 0.621. The lowest BCUT2D eigenvalue weighted by Gasteiger charge is -1.99. The van der Waals surface area contributed by atoms with Gasteiger partial charge in [-0.3, -0.25) is 4.79 Å². The van der Waals surface area contributed by atoms with Crippen LogP contribution in [-0.4, -0.2) is 4.98 Å². The van der Waals surface area contributed by atoms with Gasteiger partial charge in [0.05, 0.1) is 0 Å². The molecule has 0 fully saturated rings. The van der Waals surface area contributed by atoms with E-state index in [1.54, 1.807) is 18.2 Å². The first kappa shape index (κ1) is 8.44. The van der Waals surface area contributed by atoms with E-state index in [9.17, 15) is 9.18 Å². The highest BCUT2D eigenvalue weighted by molar-refractivity contribution is 9.10. The van der Waals surface area contributed by atoms with E-state index in [1.807, 2.05) is 0 Å². The van der Waals surface area contributed by atoms with Crippen LogP contribution in [0.2, 0.25) is 0 Å². The van der Waals surface area contributed by atoms with Crippen LogP contribution in [-0.2, 0) is 0 Å². The van der Waals surface area contributed by atoms with Gasteiger partial charge in [-0.25, -0.2) is 4.39 Å². The molecule has 1 aromatic carbocycles. The number of nitrogens with one attached hydrogen (secondary N) is 1. The van der Waals surface area contributed by atoms with Crippen molar-refractivity contribution in [3.05, 3.63) is 45.0 Å². The van der Waals surface area contributed by atoms with Gasteiger partial charge in [-0.1, -0.05) is 28.1 Å². The molecule has 2 rings (SSSR count). The Hall–Kier alpha value is -1.16. The summed E-state index contributed by atoms with van der Waals surface area (Å²) >= 11 is 3.27. The Morgan fingerprint density at radius 1 is 1.31 bits per heavy atom. The van der Waals surface area contributed by atoms with Crippen LogP contribution in [0, 0.1) is 5.82 Å². The number of H-pyrrole nitrogens is 1. The Kier molecular flexibility index (Phi) is 1.92. The summed E-state index contributed by atoms with van der Waals surface area (Å²) in [4.78, 5) is 13.2. The second-order valence-electron chi connectivity index (χ2n) is 2.63. The summed E-state index contributed by atoms with van der Waals surface area (Å²) in [6.07, 6.45) is 1.49. The van der Waals surface area contributed by atoms with Gasteiger partial charge in [-0.2, -0.15) is 0 Å². The van der Waals surface area contributed by atoms with Crippen LogP contribution < -0.4 is 5.56 Å². The molecule has 4 heteroatoms. The van der Waals surface area contributed by atoms with Crippen molar-refractivity contribution in [2.24, 2.45) is 0 Å². The fourth-order valence-electron chi connectivity index (χ4n) is 1.20. The smallest absolute Gasteiger partial charge is 0.284 e. The lowest BCUT2D eigenvalue weighted by atomic mass is 10.2. The van der Waals surface area contributed by atoms with Gasteiger partial charge >= 0.3 is 0 Å². The molecule has 0 aliphatic carbocycles. The first-order chi connectivity index (χ1) is 6.20. The summed E-state index contributed by atoms with van der Waals surface area (Å²) in [6, 6.07) is 5.06. The quantitative estimate of drug-likeness (QED) is 0.756. The number of fused-ring (bicyclic) bond motifs is 1. The lowest BCUT2D eigenvalue weighted by Crippen LogP contribution is -2.09. The van der Waals surface area contributed by atoms with Gasteiger partial charge in [0.1, 0.15) is 0 Å². The van der Waals surface area contributed by atoms with Crippen molar-refractivity contribution in [2.75, 3.05) is 0 Å². The third-order valence-electron chi connectivity index (χ3n) is 1.84. The summed E-state index contributed by atoms with van der Waals surface area (Å²) in [5.41, 5.74) is -0.689. The molecule has 0 bridgehead atoms. The molecule has 0 aliphatic heterocycles. The molecule has 2 aromatic rings. The van der Waals surface area contributed by atoms with Crippen molar-refractivity contribution >= 4 is 26.7 Å². The molecule has 2 nitrogen and oxygen atoms in total. The van der Waals surface area contributed by atoms with Crippen molar-refractivity contribution in [2.45, 2.75) is 0 Å². The molecule has 0 saturated carbocycles. The highest BCUT2D eigenvalue weighted by Gasteiger charge is 2.05. The minimum absolute atomic E-state index is 0.332. The van der Waals surface area contributed by atoms with Crippen LogP contribution in [0.3, 0.4) is 0 Å². The van der Waals surface area contributed by atoms with Gasteiger partial charge in [-0.15, -0.1) is 0 Å². The van der Waals surface area contributed by atoms with E-state index in [1.165, 1.54) is 6.20 Å². The number of hydrogen-bond donors (Lipinski definition) is 1. The normalized spacial score (nSPS) is 10.6. The largest absolute Gasteiger partial charge is 0.326 e. The summed E-state index contributed by atoms with van der Waals surface area (Å²) in [6.45, 7) is 0. The van der Waals surface area contributed by atoms with E-state index in [4.69, 9.17) is 0 Å². The zero-order chi connectivity index (χ0) is 9.42. The molecule has 0 radical (unpaired) electrons. The van der Waals surface area contributed by atoms with E-state index in [0.717, 1.165) is 4.47 Å². The minimum atomic E-state index is -0.737. The summed E-state index contributed by atoms with van der Waals surface area (Å²) in [7, 11) is 0. The SMILES string of the molecule is O=c1[nH]cc2c(Br)cccc2c1F. The number of aromatic amines is 1. The fourth-order valence-corrected chi connectivity index (χ4v) is 1.68. The second-order valence-corrected chi connectivity index (χ2v) is 3.49. The third-order valence-corrected chi connectivity index (χ3v) is 2.53. The third kappa shape index (κ3) is 1.27. The minimum Gasteiger partial charge on any atom is -0.326 e. The first-order valence-corrected chi connectivity index (χ1v) is 4.45. The zero-order valence-electron chi connectivity index (χ0n) is 6.47. The summed E-state index contributed by atoms with van der Waals surface area (Å²) < 4.78 is 14.0. The Balaban J connectivity index is 3.03. The molecule has 1 heterocycles. The van der Waals surface area contributed by atoms with Crippen LogP contribution in [0.1, 0.15) is 0 Å². The van der Waals surface area contributed by atoms with Gasteiger partial charge in [0, 0.05) is 21.4 Å². The van der Waals surface area contributed by atoms with Crippen LogP contribution in [0.4, 0.5) is 4.39 Å². The number of benzene rings is 1. The monoisotopic (exact) mass is 241 g/mol. The number of rotatable bonds is 0. The van der Waals surface area contributed by atoms with Gasteiger partial charge in [-0.05, 0) is 6.07 Å². The van der Waals surface area contributed by atoms with Crippen LogP contribution in [0.25, 0.3) is 10.8 Å². The Labute approximate surface area is 81.5 Å². The van der Waals surface area contributed by atoms with Crippen molar-refractivity contribution in [3.63, 3.8) is 0 Å². The van der Waals surface area contributed by atoms with Crippen LogP contribution in [0.5, 0.6) is 0 Å². The van der Waals surface area contributed by atoms with Gasteiger partial charge < -0.3 is 4.98 Å². The number of aromatic nitrogens is 1. The topological polar surface area (TPSA) is 32.9 Å². The van der Waals surface area contributed by atoms with Crippen molar-refractivity contribution < 1.29 is 4.39 Å². The molecule has 0 atom stereocenters. The van der Waals surface area contributed by atoms with E-state index in [-0.39, 0.29) is 0 Å². The fraction of sp³-hybridized carbons (Fsp3) is 0. The Morgan fingerprint density at radius 2 is 2.08 bits per heavy atom. The van der Waals surface area contributed by atoms with Gasteiger partial charge in [0.25, 0.3) is 5.56 Å². The molecule has 0 unspecified atom stereocenters. The molecule has 66 valence electrons. The van der Waals surface area contributed by atoms with E-state index in [0.29, 0.717) is 10.8 Å². The van der Waals surface area contributed by atoms with E-state index >= 15 is 0 Å². The first-order valence-electron chi connectivity index (χ1n) is 3.65. The maximum Gasteiger partial charge on any atom is 0.284 e. The van der Waals surface area contributed by atoms with Gasteiger partial charge in [0.15, 0.2) is 5.82 Å². The van der Waals surface area contributed by atoms with E-state index in [2.05, 4.69) is 20.9 Å². The molecular formula is C9H5BrFNO. The predicted octanol–water partition coefficient (Wildman–Crippen LogP) is 2.43. The van der Waals surface area contributed by atoms with Gasteiger partial charge in [0.2, 0.25) is 0 Å². The van der Waals surface area contributed by atoms with Crippen LogP contribution in [0.15, 0.2) is 33.7 Å². The summed E-state index contributed by atoms with van der Waals surface area (Å²) in [5, 5.41) is 0.998.